The van der Waals surface area contributed by atoms with Crippen molar-refractivity contribution in [3.63, 3.8) is 0 Å². The lowest BCUT2D eigenvalue weighted by Crippen LogP contribution is -2.16. The SMILES string of the molecule is COc1ccccc1NC(=O)c1noc(C)c1COc1cc(C)cc(C)c1. The summed E-state index contributed by atoms with van der Waals surface area (Å²) in [7, 11) is 1.55. The van der Waals surface area contributed by atoms with Gasteiger partial charge in [-0.3, -0.25) is 4.79 Å². The van der Waals surface area contributed by atoms with Crippen LogP contribution in [-0.4, -0.2) is 18.2 Å². The van der Waals surface area contributed by atoms with Crippen molar-refractivity contribution < 1.29 is 18.8 Å². The molecule has 2 aromatic carbocycles. The van der Waals surface area contributed by atoms with E-state index < -0.39 is 0 Å². The van der Waals surface area contributed by atoms with Gasteiger partial charge in [0.25, 0.3) is 5.91 Å². The largest absolute Gasteiger partial charge is 0.495 e. The van der Waals surface area contributed by atoms with Gasteiger partial charge in [0.2, 0.25) is 0 Å². The Morgan fingerprint density at radius 3 is 2.52 bits per heavy atom. The molecule has 140 valence electrons. The molecule has 0 atom stereocenters. The Hall–Kier alpha value is -3.28. The Bertz CT molecular complexity index is 942. The summed E-state index contributed by atoms with van der Waals surface area (Å²) in [5, 5.41) is 6.71. The second-order valence-electron chi connectivity index (χ2n) is 6.33. The van der Waals surface area contributed by atoms with Gasteiger partial charge in [-0.1, -0.05) is 23.4 Å². The maximum absolute atomic E-state index is 12.7. The fraction of sp³-hybridized carbons (Fsp3) is 0.238. The molecule has 1 N–H and O–H groups in total. The number of methoxy groups -OCH3 is 1. The number of hydrogen-bond donors (Lipinski definition) is 1. The molecule has 0 saturated carbocycles. The molecule has 0 aliphatic rings. The van der Waals surface area contributed by atoms with E-state index >= 15 is 0 Å². The number of benzene rings is 2. The van der Waals surface area contributed by atoms with Crippen LogP contribution in [0.25, 0.3) is 0 Å². The van der Waals surface area contributed by atoms with Crippen LogP contribution in [0, 0.1) is 20.8 Å². The van der Waals surface area contributed by atoms with E-state index in [4.69, 9.17) is 14.0 Å². The first-order valence-electron chi connectivity index (χ1n) is 8.58. The van der Waals surface area contributed by atoms with Gasteiger partial charge in [-0.05, 0) is 56.2 Å². The van der Waals surface area contributed by atoms with E-state index in [0.29, 0.717) is 22.8 Å². The van der Waals surface area contributed by atoms with Crippen molar-refractivity contribution in [2.24, 2.45) is 0 Å². The predicted octanol–water partition coefficient (Wildman–Crippen LogP) is 4.44. The molecule has 0 radical (unpaired) electrons. The van der Waals surface area contributed by atoms with Gasteiger partial charge in [-0.2, -0.15) is 0 Å². The van der Waals surface area contributed by atoms with Gasteiger partial charge in [-0.25, -0.2) is 0 Å². The second-order valence-corrected chi connectivity index (χ2v) is 6.33. The Morgan fingerprint density at radius 1 is 1.11 bits per heavy atom. The number of anilines is 1. The first kappa shape index (κ1) is 18.5. The molecule has 0 spiro atoms. The molecule has 0 saturated heterocycles. The molecule has 0 fully saturated rings. The molecule has 1 heterocycles. The number of nitrogens with zero attached hydrogens (tertiary/aromatic N) is 1. The van der Waals surface area contributed by atoms with Crippen LogP contribution in [0.1, 0.15) is 32.9 Å². The summed E-state index contributed by atoms with van der Waals surface area (Å²) < 4.78 is 16.4. The van der Waals surface area contributed by atoms with E-state index in [0.717, 1.165) is 16.9 Å². The summed E-state index contributed by atoms with van der Waals surface area (Å²) in [5.41, 5.74) is 3.60. The van der Waals surface area contributed by atoms with Crippen LogP contribution in [0.4, 0.5) is 5.69 Å². The number of para-hydroxylation sites is 2. The summed E-state index contributed by atoms with van der Waals surface area (Å²) in [6, 6.07) is 13.1. The third-order valence-electron chi connectivity index (χ3n) is 4.13. The highest BCUT2D eigenvalue weighted by Gasteiger charge is 2.21. The van der Waals surface area contributed by atoms with E-state index in [9.17, 15) is 4.79 Å². The molecule has 1 amide bonds. The molecule has 3 aromatic rings. The normalized spacial score (nSPS) is 10.5. The minimum atomic E-state index is -0.379. The fourth-order valence-electron chi connectivity index (χ4n) is 2.84. The van der Waals surface area contributed by atoms with Gasteiger partial charge < -0.3 is 19.3 Å². The molecule has 0 aliphatic heterocycles. The van der Waals surface area contributed by atoms with Crippen molar-refractivity contribution in [2.75, 3.05) is 12.4 Å². The number of carbonyl (C=O) groups is 1. The summed E-state index contributed by atoms with van der Waals surface area (Å²) >= 11 is 0. The van der Waals surface area contributed by atoms with Gasteiger partial charge in [0.15, 0.2) is 5.69 Å². The van der Waals surface area contributed by atoms with E-state index in [2.05, 4.69) is 16.5 Å². The van der Waals surface area contributed by atoms with Crippen LogP contribution in [0.15, 0.2) is 47.0 Å². The van der Waals surface area contributed by atoms with Crippen LogP contribution < -0.4 is 14.8 Å². The zero-order valence-electron chi connectivity index (χ0n) is 15.8. The van der Waals surface area contributed by atoms with Gasteiger partial charge in [0.05, 0.1) is 18.4 Å². The van der Waals surface area contributed by atoms with Crippen LogP contribution in [0.5, 0.6) is 11.5 Å². The number of ether oxygens (including phenoxy) is 2. The van der Waals surface area contributed by atoms with Crippen LogP contribution >= 0.6 is 0 Å². The van der Waals surface area contributed by atoms with E-state index in [1.807, 2.05) is 38.1 Å². The number of hydrogen-bond acceptors (Lipinski definition) is 5. The van der Waals surface area contributed by atoms with Gasteiger partial charge in [0, 0.05) is 0 Å². The van der Waals surface area contributed by atoms with Crippen LogP contribution in [0.3, 0.4) is 0 Å². The van der Waals surface area contributed by atoms with Crippen molar-refractivity contribution in [2.45, 2.75) is 27.4 Å². The fourth-order valence-corrected chi connectivity index (χ4v) is 2.84. The molecule has 6 nitrogen and oxygen atoms in total. The maximum atomic E-state index is 12.7. The molecule has 1 aromatic heterocycles. The maximum Gasteiger partial charge on any atom is 0.278 e. The third-order valence-corrected chi connectivity index (χ3v) is 4.13. The minimum absolute atomic E-state index is 0.187. The van der Waals surface area contributed by atoms with Gasteiger partial charge in [-0.15, -0.1) is 0 Å². The van der Waals surface area contributed by atoms with Crippen LogP contribution in [-0.2, 0) is 6.61 Å². The van der Waals surface area contributed by atoms with Crippen molar-refractivity contribution in [1.82, 2.24) is 5.16 Å². The topological polar surface area (TPSA) is 73.6 Å². The molecular formula is C21H22N2O4. The number of nitrogens with one attached hydrogen (secondary N) is 1. The van der Waals surface area contributed by atoms with Crippen LogP contribution in [0.2, 0.25) is 0 Å². The lowest BCUT2D eigenvalue weighted by atomic mass is 10.1. The van der Waals surface area contributed by atoms with E-state index in [1.54, 1.807) is 26.2 Å². The smallest absolute Gasteiger partial charge is 0.278 e. The molecule has 0 unspecified atom stereocenters. The summed E-state index contributed by atoms with van der Waals surface area (Å²) in [6.45, 7) is 5.97. The van der Waals surface area contributed by atoms with Crippen molar-refractivity contribution in [3.8, 4) is 11.5 Å². The van der Waals surface area contributed by atoms with Crippen molar-refractivity contribution >= 4 is 11.6 Å². The first-order chi connectivity index (χ1) is 13.0. The number of rotatable bonds is 6. The highest BCUT2D eigenvalue weighted by Crippen LogP contribution is 2.25. The number of aromatic nitrogens is 1. The molecule has 6 heteroatoms. The molecule has 27 heavy (non-hydrogen) atoms. The number of aryl methyl sites for hydroxylation is 3. The Morgan fingerprint density at radius 2 is 1.81 bits per heavy atom. The zero-order valence-corrected chi connectivity index (χ0v) is 15.8. The Balaban J connectivity index is 1.78. The van der Waals surface area contributed by atoms with Crippen molar-refractivity contribution in [1.29, 1.82) is 0 Å². The lowest BCUT2D eigenvalue weighted by Gasteiger charge is -2.10. The predicted molar refractivity (Wildman–Crippen MR) is 102 cm³/mol. The average Bonchev–Trinajstić information content (AvgIpc) is 3.00. The third kappa shape index (κ3) is 4.28. The number of carbonyl (C=O) groups excluding carboxylic acids is 1. The summed E-state index contributed by atoms with van der Waals surface area (Å²) in [5.74, 6) is 1.48. The first-order valence-corrected chi connectivity index (χ1v) is 8.58. The second kappa shape index (κ2) is 7.95. The highest BCUT2D eigenvalue weighted by atomic mass is 16.5. The lowest BCUT2D eigenvalue weighted by molar-refractivity contribution is 0.101. The Kier molecular flexibility index (Phi) is 5.45. The summed E-state index contributed by atoms with van der Waals surface area (Å²) in [4.78, 5) is 12.7. The molecule has 0 bridgehead atoms. The molecule has 0 aliphatic carbocycles. The quantitative estimate of drug-likeness (QED) is 0.698. The molecule has 3 rings (SSSR count). The summed E-state index contributed by atoms with van der Waals surface area (Å²) in [6.07, 6.45) is 0. The monoisotopic (exact) mass is 366 g/mol. The van der Waals surface area contributed by atoms with Crippen molar-refractivity contribution in [3.05, 3.63) is 70.6 Å². The zero-order chi connectivity index (χ0) is 19.4. The van der Waals surface area contributed by atoms with Gasteiger partial charge >= 0.3 is 0 Å². The minimum Gasteiger partial charge on any atom is -0.495 e. The standard InChI is InChI=1S/C21H22N2O4/c1-13-9-14(2)11-16(10-13)26-12-17-15(3)27-23-20(17)21(24)22-18-7-5-6-8-19(18)25-4/h5-11H,12H2,1-4H3,(H,22,24). The molecular weight excluding hydrogens is 344 g/mol. The van der Waals surface area contributed by atoms with E-state index in [-0.39, 0.29) is 18.2 Å². The Labute approximate surface area is 158 Å². The van der Waals surface area contributed by atoms with Gasteiger partial charge in [0.1, 0.15) is 23.9 Å². The average molecular weight is 366 g/mol. The number of amides is 1. The highest BCUT2D eigenvalue weighted by molar-refractivity contribution is 6.04. The van der Waals surface area contributed by atoms with E-state index in [1.165, 1.54) is 0 Å².